The Bertz CT molecular complexity index is 1150. The van der Waals surface area contributed by atoms with Crippen molar-refractivity contribution in [2.45, 2.75) is 89.0 Å². The van der Waals surface area contributed by atoms with Gasteiger partial charge in [-0.25, -0.2) is 9.59 Å². The van der Waals surface area contributed by atoms with Gasteiger partial charge in [0.1, 0.15) is 11.6 Å². The SMILES string of the molecule is Cc1ccc(-c2ccc(CSCC(NC(=O)OC(C)(C)C)C(=O)O)c(C34CC5CC(CC(C5)C3)C4)c2)cc1. The van der Waals surface area contributed by atoms with Crippen LogP contribution in [-0.2, 0) is 20.7 Å². The van der Waals surface area contributed by atoms with Crippen LogP contribution in [0.25, 0.3) is 11.1 Å². The highest BCUT2D eigenvalue weighted by molar-refractivity contribution is 7.98. The van der Waals surface area contributed by atoms with Crippen molar-refractivity contribution in [3.8, 4) is 11.1 Å². The van der Waals surface area contributed by atoms with Gasteiger partial charge in [-0.3, -0.25) is 0 Å². The summed E-state index contributed by atoms with van der Waals surface area (Å²) in [7, 11) is 0. The third-order valence-corrected chi connectivity index (χ3v) is 9.72. The van der Waals surface area contributed by atoms with Crippen LogP contribution in [0.15, 0.2) is 42.5 Å². The lowest BCUT2D eigenvalue weighted by Crippen LogP contribution is -2.49. The summed E-state index contributed by atoms with van der Waals surface area (Å²) < 4.78 is 5.28. The highest BCUT2D eigenvalue weighted by Gasteiger charge is 2.52. The predicted molar refractivity (Wildman–Crippen MR) is 153 cm³/mol. The molecule has 4 bridgehead atoms. The molecule has 2 aromatic carbocycles. The normalized spacial score (nSPS) is 26.7. The van der Waals surface area contributed by atoms with E-state index in [0.717, 1.165) is 23.5 Å². The maximum absolute atomic E-state index is 12.2. The fourth-order valence-corrected chi connectivity index (χ4v) is 8.52. The van der Waals surface area contributed by atoms with Crippen LogP contribution in [0.2, 0.25) is 0 Å². The molecule has 6 heteroatoms. The smallest absolute Gasteiger partial charge is 0.408 e. The quantitative estimate of drug-likeness (QED) is 0.370. The summed E-state index contributed by atoms with van der Waals surface area (Å²) in [5.74, 6) is 2.51. The molecular formula is C32H41NO4S. The van der Waals surface area contributed by atoms with E-state index in [1.807, 2.05) is 0 Å². The van der Waals surface area contributed by atoms with E-state index in [2.05, 4.69) is 54.7 Å². The number of rotatable bonds is 8. The number of alkyl carbamates (subject to hydrolysis) is 1. The summed E-state index contributed by atoms with van der Waals surface area (Å²) in [5.41, 5.74) is 6.13. The van der Waals surface area contributed by atoms with Crippen LogP contribution in [0.5, 0.6) is 0 Å². The van der Waals surface area contributed by atoms with Crippen LogP contribution < -0.4 is 5.32 Å². The molecular weight excluding hydrogens is 494 g/mol. The summed E-state index contributed by atoms with van der Waals surface area (Å²) in [5, 5.41) is 12.3. The largest absolute Gasteiger partial charge is 0.480 e. The van der Waals surface area contributed by atoms with Crippen LogP contribution in [0, 0.1) is 24.7 Å². The molecule has 1 unspecified atom stereocenters. The van der Waals surface area contributed by atoms with E-state index in [1.54, 1.807) is 32.5 Å². The Labute approximate surface area is 231 Å². The lowest BCUT2D eigenvalue weighted by molar-refractivity contribution is -0.138. The summed E-state index contributed by atoms with van der Waals surface area (Å²) in [6, 6.07) is 14.7. The van der Waals surface area contributed by atoms with E-state index in [9.17, 15) is 14.7 Å². The van der Waals surface area contributed by atoms with Gasteiger partial charge in [0, 0.05) is 11.5 Å². The third-order valence-electron chi connectivity index (χ3n) is 8.64. The number of carboxylic acids is 1. The van der Waals surface area contributed by atoms with Gasteiger partial charge in [-0.05, 0) is 112 Å². The first-order chi connectivity index (χ1) is 18.0. The van der Waals surface area contributed by atoms with Crippen molar-refractivity contribution < 1.29 is 19.4 Å². The second-order valence-electron chi connectivity index (χ2n) is 13.0. The lowest BCUT2D eigenvalue weighted by atomic mass is 9.47. The van der Waals surface area contributed by atoms with E-state index >= 15 is 0 Å². The Kier molecular flexibility index (Phi) is 7.56. The molecule has 2 aromatic rings. The molecule has 4 aliphatic carbocycles. The minimum atomic E-state index is -1.04. The van der Waals surface area contributed by atoms with Crippen molar-refractivity contribution in [1.29, 1.82) is 0 Å². The monoisotopic (exact) mass is 535 g/mol. The summed E-state index contributed by atoms with van der Waals surface area (Å²) in [6.07, 6.45) is 7.36. The number of carbonyl (C=O) groups excluding carboxylic acids is 1. The summed E-state index contributed by atoms with van der Waals surface area (Å²) in [4.78, 5) is 24.1. The number of thioether (sulfide) groups is 1. The highest BCUT2D eigenvalue weighted by atomic mass is 32.2. The summed E-state index contributed by atoms with van der Waals surface area (Å²) in [6.45, 7) is 7.42. The second kappa shape index (κ2) is 10.6. The van der Waals surface area contributed by atoms with Gasteiger partial charge in [0.25, 0.3) is 0 Å². The Balaban J connectivity index is 1.37. The van der Waals surface area contributed by atoms with Crippen LogP contribution in [-0.4, -0.2) is 34.6 Å². The molecule has 1 amide bonds. The Hall–Kier alpha value is -2.47. The fraction of sp³-hybridized carbons (Fsp3) is 0.562. The number of carbonyl (C=O) groups is 2. The van der Waals surface area contributed by atoms with Gasteiger partial charge in [0.15, 0.2) is 0 Å². The molecule has 6 rings (SSSR count). The Morgan fingerprint density at radius 1 is 1.00 bits per heavy atom. The van der Waals surface area contributed by atoms with Crippen LogP contribution in [0.3, 0.4) is 0 Å². The molecule has 0 radical (unpaired) electrons. The van der Waals surface area contributed by atoms with Gasteiger partial charge in [0.2, 0.25) is 0 Å². The number of amides is 1. The van der Waals surface area contributed by atoms with E-state index in [1.165, 1.54) is 66.3 Å². The molecule has 0 spiro atoms. The molecule has 0 aliphatic heterocycles. The van der Waals surface area contributed by atoms with Gasteiger partial charge < -0.3 is 15.2 Å². The van der Waals surface area contributed by atoms with Gasteiger partial charge in [0.05, 0.1) is 0 Å². The molecule has 4 fully saturated rings. The van der Waals surface area contributed by atoms with Crippen LogP contribution in [0.4, 0.5) is 4.79 Å². The number of aliphatic carboxylic acids is 1. The Morgan fingerprint density at radius 3 is 2.13 bits per heavy atom. The second-order valence-corrected chi connectivity index (χ2v) is 14.0. The van der Waals surface area contributed by atoms with E-state index in [0.29, 0.717) is 0 Å². The maximum Gasteiger partial charge on any atom is 0.408 e. The average molecular weight is 536 g/mol. The number of benzene rings is 2. The van der Waals surface area contributed by atoms with E-state index in [4.69, 9.17) is 4.74 Å². The molecule has 2 N–H and O–H groups in total. The average Bonchev–Trinajstić information content (AvgIpc) is 2.82. The highest BCUT2D eigenvalue weighted by Crippen LogP contribution is 2.61. The predicted octanol–water partition coefficient (Wildman–Crippen LogP) is 7.34. The van der Waals surface area contributed by atoms with E-state index < -0.39 is 23.7 Å². The summed E-state index contributed by atoms with van der Waals surface area (Å²) >= 11 is 1.57. The number of hydrogen-bond donors (Lipinski definition) is 2. The van der Waals surface area contributed by atoms with Crippen molar-refractivity contribution in [1.82, 2.24) is 5.32 Å². The molecule has 4 aliphatic rings. The molecule has 1 atom stereocenters. The molecule has 204 valence electrons. The first-order valence-corrected chi connectivity index (χ1v) is 15.2. The third kappa shape index (κ3) is 6.06. The minimum absolute atomic E-state index is 0.242. The minimum Gasteiger partial charge on any atom is -0.480 e. The first-order valence-electron chi connectivity index (χ1n) is 14.0. The van der Waals surface area contributed by atoms with Crippen molar-refractivity contribution >= 4 is 23.8 Å². The molecule has 0 saturated heterocycles. The van der Waals surface area contributed by atoms with Crippen LogP contribution in [0.1, 0.15) is 76.0 Å². The van der Waals surface area contributed by atoms with Crippen LogP contribution >= 0.6 is 11.8 Å². The van der Waals surface area contributed by atoms with Crippen molar-refractivity contribution in [2.24, 2.45) is 17.8 Å². The zero-order valence-electron chi connectivity index (χ0n) is 23.1. The van der Waals surface area contributed by atoms with E-state index in [-0.39, 0.29) is 11.2 Å². The standard InChI is InChI=1S/C32H41NO4S/c1-20-5-7-24(8-6-20)25-9-10-26(18-38-19-28(29(34)35)33-30(36)37-31(2,3)4)27(14-25)32-15-21-11-22(16-32)13-23(12-21)17-32/h5-10,14,21-23,28H,11-13,15-19H2,1-4H3,(H,33,36)(H,34,35). The maximum atomic E-state index is 12.2. The molecule has 0 heterocycles. The van der Waals surface area contributed by atoms with Gasteiger partial charge in [-0.15, -0.1) is 0 Å². The zero-order valence-corrected chi connectivity index (χ0v) is 23.9. The van der Waals surface area contributed by atoms with Crippen molar-refractivity contribution in [3.05, 3.63) is 59.2 Å². The number of nitrogens with one attached hydrogen (secondary N) is 1. The molecule has 5 nitrogen and oxygen atoms in total. The van der Waals surface area contributed by atoms with Gasteiger partial charge >= 0.3 is 12.1 Å². The van der Waals surface area contributed by atoms with Crippen molar-refractivity contribution in [2.75, 3.05) is 5.75 Å². The number of hydrogen-bond acceptors (Lipinski definition) is 4. The fourth-order valence-electron chi connectivity index (χ4n) is 7.47. The molecule has 4 saturated carbocycles. The topological polar surface area (TPSA) is 75.6 Å². The number of aryl methyl sites for hydroxylation is 1. The first kappa shape index (κ1) is 27.1. The number of ether oxygens (including phenoxy) is 1. The van der Waals surface area contributed by atoms with Crippen molar-refractivity contribution in [3.63, 3.8) is 0 Å². The Morgan fingerprint density at radius 2 is 1.58 bits per heavy atom. The lowest BCUT2D eigenvalue weighted by Gasteiger charge is -2.57. The number of carboxylic acid groups (broad SMARTS) is 1. The molecule has 0 aromatic heterocycles. The van der Waals surface area contributed by atoms with Gasteiger partial charge in [-0.1, -0.05) is 48.0 Å². The molecule has 38 heavy (non-hydrogen) atoms. The van der Waals surface area contributed by atoms with Gasteiger partial charge in [-0.2, -0.15) is 11.8 Å². The zero-order chi connectivity index (χ0) is 27.1.